The Hall–Kier alpha value is -1.02. The van der Waals surface area contributed by atoms with E-state index in [1.807, 2.05) is 6.20 Å². The molecule has 1 aliphatic heterocycles. The lowest BCUT2D eigenvalue weighted by Crippen LogP contribution is -2.19. The van der Waals surface area contributed by atoms with Crippen LogP contribution in [0.2, 0.25) is 0 Å². The lowest BCUT2D eigenvalue weighted by atomic mass is 10.2. The molecule has 1 fully saturated rings. The van der Waals surface area contributed by atoms with Gasteiger partial charge in [-0.3, -0.25) is 0 Å². The van der Waals surface area contributed by atoms with E-state index in [2.05, 4.69) is 25.9 Å². The maximum Gasteiger partial charge on any atom is 0.161 e. The van der Waals surface area contributed by atoms with Gasteiger partial charge in [0.25, 0.3) is 0 Å². The van der Waals surface area contributed by atoms with Gasteiger partial charge in [-0.05, 0) is 15.9 Å². The molecule has 0 spiro atoms. The Kier molecular flexibility index (Phi) is 3.06. The third kappa shape index (κ3) is 1.83. The molecule has 3 rings (SSSR count). The second-order valence-electron chi connectivity index (χ2n) is 4.28. The van der Waals surface area contributed by atoms with Crippen LogP contribution in [0.25, 0.3) is 11.0 Å². The molecule has 1 aliphatic rings. The Bertz CT molecular complexity index is 574. The quantitative estimate of drug-likeness (QED) is 0.858. The van der Waals surface area contributed by atoms with Gasteiger partial charge in [-0.2, -0.15) is 0 Å². The van der Waals surface area contributed by atoms with Gasteiger partial charge in [-0.15, -0.1) is 0 Å². The van der Waals surface area contributed by atoms with Crippen LogP contribution in [0.15, 0.2) is 23.2 Å². The number of aliphatic hydroxyl groups is 2. The normalized spacial score (nSPS) is 28.1. The summed E-state index contributed by atoms with van der Waals surface area (Å²) in [5.41, 5.74) is 0.694. The van der Waals surface area contributed by atoms with Crippen LogP contribution in [0.3, 0.4) is 0 Å². The highest BCUT2D eigenvalue weighted by Gasteiger charge is 2.35. The molecular weight excluding hydrogens is 302 g/mol. The van der Waals surface area contributed by atoms with Crippen LogP contribution < -0.4 is 0 Å². The van der Waals surface area contributed by atoms with Crippen molar-refractivity contribution in [3.05, 3.63) is 23.2 Å². The van der Waals surface area contributed by atoms with Crippen molar-refractivity contribution in [3.63, 3.8) is 0 Å². The maximum absolute atomic E-state index is 10.00. The minimum atomic E-state index is -0.653. The molecule has 0 radical (unpaired) electrons. The minimum Gasteiger partial charge on any atom is -0.394 e. The number of halogens is 1. The maximum atomic E-state index is 10.00. The fraction of sp³-hybridized carbons (Fsp3) is 0.455. The fourth-order valence-corrected chi connectivity index (χ4v) is 2.74. The summed E-state index contributed by atoms with van der Waals surface area (Å²) in [5, 5.41) is 19.9. The highest BCUT2D eigenvalue weighted by molar-refractivity contribution is 9.10. The van der Waals surface area contributed by atoms with E-state index < -0.39 is 12.3 Å². The highest BCUT2D eigenvalue weighted by Crippen LogP contribution is 2.34. The third-order valence-electron chi connectivity index (χ3n) is 3.09. The molecule has 3 heterocycles. The predicted molar refractivity (Wildman–Crippen MR) is 66.8 cm³/mol. The average Bonchev–Trinajstić information content (AvgIpc) is 2.91. The molecular formula is C11H12BrN3O3. The number of fused-ring (bicyclic) bond motifs is 1. The molecule has 2 N–H and O–H groups in total. The van der Waals surface area contributed by atoms with Gasteiger partial charge in [-0.25, -0.2) is 9.97 Å². The van der Waals surface area contributed by atoms with Gasteiger partial charge in [0.2, 0.25) is 0 Å². The van der Waals surface area contributed by atoms with E-state index in [9.17, 15) is 5.11 Å². The van der Waals surface area contributed by atoms with Crippen LogP contribution in [0, 0.1) is 0 Å². The lowest BCUT2D eigenvalue weighted by Gasteiger charge is -2.16. The molecule has 0 bridgehead atoms. The number of nitrogens with zero attached hydrogens (tertiary/aromatic N) is 3. The second-order valence-corrected chi connectivity index (χ2v) is 5.13. The topological polar surface area (TPSA) is 80.4 Å². The van der Waals surface area contributed by atoms with E-state index in [4.69, 9.17) is 9.84 Å². The minimum absolute atomic E-state index is 0.0943. The molecule has 0 aromatic carbocycles. The SMILES string of the molecule is OC[C@@H]1C[C@@H](O)C(n2cc(Br)c3cncnc32)O1. The Morgan fingerprint density at radius 2 is 2.39 bits per heavy atom. The molecule has 18 heavy (non-hydrogen) atoms. The Morgan fingerprint density at radius 1 is 1.56 bits per heavy atom. The monoisotopic (exact) mass is 313 g/mol. The molecule has 6 nitrogen and oxygen atoms in total. The van der Waals surface area contributed by atoms with Crippen LogP contribution in [-0.4, -0.2) is 43.6 Å². The summed E-state index contributed by atoms with van der Waals surface area (Å²) in [7, 11) is 0. The number of aliphatic hydroxyl groups excluding tert-OH is 2. The van der Waals surface area contributed by atoms with Gasteiger partial charge in [0, 0.05) is 23.3 Å². The zero-order valence-corrected chi connectivity index (χ0v) is 11.0. The molecule has 2 aromatic rings. The van der Waals surface area contributed by atoms with E-state index in [0.717, 1.165) is 9.86 Å². The van der Waals surface area contributed by atoms with E-state index in [-0.39, 0.29) is 12.7 Å². The summed E-state index contributed by atoms with van der Waals surface area (Å²) in [6.45, 7) is -0.0943. The van der Waals surface area contributed by atoms with Crippen LogP contribution in [0.4, 0.5) is 0 Å². The molecule has 2 aromatic heterocycles. The third-order valence-corrected chi connectivity index (χ3v) is 3.72. The van der Waals surface area contributed by atoms with E-state index in [1.165, 1.54) is 6.33 Å². The van der Waals surface area contributed by atoms with Gasteiger partial charge in [-0.1, -0.05) is 0 Å². The summed E-state index contributed by atoms with van der Waals surface area (Å²) in [6, 6.07) is 0. The van der Waals surface area contributed by atoms with Gasteiger partial charge in [0.15, 0.2) is 6.23 Å². The molecule has 7 heteroatoms. The van der Waals surface area contributed by atoms with Crippen molar-refractivity contribution in [1.82, 2.24) is 14.5 Å². The zero-order valence-electron chi connectivity index (χ0n) is 9.40. The van der Waals surface area contributed by atoms with Crippen LogP contribution in [0.5, 0.6) is 0 Å². The van der Waals surface area contributed by atoms with Crippen molar-refractivity contribution in [2.45, 2.75) is 24.9 Å². The highest BCUT2D eigenvalue weighted by atomic mass is 79.9. The summed E-state index contributed by atoms with van der Waals surface area (Å²) in [4.78, 5) is 8.17. The Labute approximate surface area is 111 Å². The predicted octanol–water partition coefficient (Wildman–Crippen LogP) is 0.834. The number of rotatable bonds is 2. The van der Waals surface area contributed by atoms with Crippen molar-refractivity contribution >= 4 is 27.0 Å². The number of aromatic nitrogens is 3. The Balaban J connectivity index is 2.04. The van der Waals surface area contributed by atoms with Crippen LogP contribution >= 0.6 is 15.9 Å². The van der Waals surface area contributed by atoms with Gasteiger partial charge in [0.1, 0.15) is 18.1 Å². The standard InChI is InChI=1S/C11H12BrN3O3/c12-8-3-15(10-7(8)2-13-5-14-10)11-9(17)1-6(4-16)18-11/h2-3,5-6,9,11,16-17H,1,4H2/t6-,9+,11?/m0/s1. The van der Waals surface area contributed by atoms with Crippen LogP contribution in [0.1, 0.15) is 12.6 Å². The summed E-state index contributed by atoms with van der Waals surface area (Å²) in [5.74, 6) is 0. The first kappa shape index (κ1) is 12.0. The number of ether oxygens (including phenoxy) is 1. The smallest absolute Gasteiger partial charge is 0.161 e. The Morgan fingerprint density at radius 3 is 3.11 bits per heavy atom. The van der Waals surface area contributed by atoms with Crippen molar-refractivity contribution in [1.29, 1.82) is 0 Å². The molecule has 1 unspecified atom stereocenters. The molecule has 1 saturated heterocycles. The van der Waals surface area contributed by atoms with Crippen molar-refractivity contribution < 1.29 is 14.9 Å². The van der Waals surface area contributed by atoms with Crippen LogP contribution in [-0.2, 0) is 4.74 Å². The van der Waals surface area contributed by atoms with E-state index >= 15 is 0 Å². The number of hydrogen-bond acceptors (Lipinski definition) is 5. The molecule has 0 saturated carbocycles. The van der Waals surface area contributed by atoms with Crippen molar-refractivity contribution in [3.8, 4) is 0 Å². The first-order valence-corrected chi connectivity index (χ1v) is 6.40. The number of hydrogen-bond donors (Lipinski definition) is 2. The fourth-order valence-electron chi connectivity index (χ4n) is 2.24. The average molecular weight is 314 g/mol. The summed E-state index contributed by atoms with van der Waals surface area (Å²) < 4.78 is 8.23. The van der Waals surface area contributed by atoms with Gasteiger partial charge < -0.3 is 19.5 Å². The lowest BCUT2D eigenvalue weighted by molar-refractivity contribution is -0.0484. The van der Waals surface area contributed by atoms with Crippen molar-refractivity contribution in [2.75, 3.05) is 6.61 Å². The molecule has 96 valence electrons. The molecule has 3 atom stereocenters. The van der Waals surface area contributed by atoms with E-state index in [1.54, 1.807) is 10.8 Å². The first-order valence-electron chi connectivity index (χ1n) is 5.61. The summed E-state index contributed by atoms with van der Waals surface area (Å²) in [6.07, 6.45) is 3.88. The van der Waals surface area contributed by atoms with Gasteiger partial charge >= 0.3 is 0 Å². The second kappa shape index (κ2) is 4.58. The molecule has 0 amide bonds. The first-order chi connectivity index (χ1) is 8.70. The van der Waals surface area contributed by atoms with Crippen molar-refractivity contribution in [2.24, 2.45) is 0 Å². The van der Waals surface area contributed by atoms with E-state index in [0.29, 0.717) is 12.1 Å². The zero-order chi connectivity index (χ0) is 12.7. The summed E-state index contributed by atoms with van der Waals surface area (Å²) >= 11 is 3.43. The van der Waals surface area contributed by atoms with Gasteiger partial charge in [0.05, 0.1) is 18.1 Å². The largest absolute Gasteiger partial charge is 0.394 e. The molecule has 0 aliphatic carbocycles.